The van der Waals surface area contributed by atoms with Gasteiger partial charge in [-0.05, 0) is 42.7 Å². The van der Waals surface area contributed by atoms with E-state index in [1.54, 1.807) is 13.2 Å². The first-order valence-electron chi connectivity index (χ1n) is 16.3. The molecule has 288 valence electrons. The zero-order valence-electron chi connectivity index (χ0n) is 29.9. The maximum atomic E-state index is 13.5. The number of benzene rings is 3. The number of carboxylic acids is 2. The van der Waals surface area contributed by atoms with Crippen molar-refractivity contribution < 1.29 is 43.7 Å². The summed E-state index contributed by atoms with van der Waals surface area (Å²) in [4.78, 5) is 65.6. The predicted octanol–water partition coefficient (Wildman–Crippen LogP) is 1.86. The van der Waals surface area contributed by atoms with Crippen LogP contribution in [0.25, 0.3) is 10.8 Å². The molecule has 2 atom stereocenters. The number of fused-ring (bicyclic) bond motifs is 1. The van der Waals surface area contributed by atoms with E-state index in [4.69, 9.17) is 52.2 Å². The number of carbonyl (C=O) groups excluding carboxylic acids is 3. The number of carbonyl (C=O) groups is 5. The van der Waals surface area contributed by atoms with Gasteiger partial charge in [-0.3, -0.25) is 29.2 Å². The summed E-state index contributed by atoms with van der Waals surface area (Å²) in [5.41, 5.74) is 23.0. The molecule has 1 unspecified atom stereocenters. The second kappa shape index (κ2) is 24.5. The SMILES string of the molecule is CC(=O)O.CC(=O)O.COc1cc(NC(=O)C(CCCN=C(N)N)NC(=O)[C@@H](CCCN=C(N)N)NC(=O)OCc2ccccc2)cc2ccccc12. The number of hydrogen-bond acceptors (Lipinski definition) is 9. The molecule has 13 N–H and O–H groups in total. The Balaban J connectivity index is 0.00000159. The van der Waals surface area contributed by atoms with E-state index < -0.39 is 41.9 Å². The van der Waals surface area contributed by atoms with E-state index in [0.29, 0.717) is 24.3 Å². The minimum Gasteiger partial charge on any atom is -0.496 e. The lowest BCUT2D eigenvalue weighted by molar-refractivity contribution is -0.135. The fourth-order valence-electron chi connectivity index (χ4n) is 4.47. The summed E-state index contributed by atoms with van der Waals surface area (Å²) in [5, 5.41) is 24.8. The number of nitrogens with two attached hydrogens (primary N) is 4. The molecule has 3 aromatic rings. The number of ether oxygens (including phenoxy) is 2. The molecule has 18 nitrogen and oxygen atoms in total. The number of guanidine groups is 2. The van der Waals surface area contributed by atoms with Gasteiger partial charge < -0.3 is 58.6 Å². The van der Waals surface area contributed by atoms with E-state index in [9.17, 15) is 14.4 Å². The van der Waals surface area contributed by atoms with Crippen molar-refractivity contribution in [3.8, 4) is 5.75 Å². The molecule has 0 radical (unpaired) electrons. The van der Waals surface area contributed by atoms with Gasteiger partial charge in [-0.25, -0.2) is 4.79 Å². The molecule has 0 fully saturated rings. The maximum absolute atomic E-state index is 13.5. The van der Waals surface area contributed by atoms with Gasteiger partial charge in [0.2, 0.25) is 11.8 Å². The molecule has 0 aromatic heterocycles. The van der Waals surface area contributed by atoms with E-state index in [2.05, 4.69) is 25.9 Å². The number of anilines is 1. The molecule has 0 spiro atoms. The molecule has 0 bridgehead atoms. The second-order valence-corrected chi connectivity index (χ2v) is 11.1. The molecular weight excluding hydrogens is 690 g/mol. The van der Waals surface area contributed by atoms with Crippen LogP contribution < -0.4 is 43.6 Å². The third kappa shape index (κ3) is 20.0. The Kier molecular flexibility index (Phi) is 20.6. The molecule has 0 saturated carbocycles. The van der Waals surface area contributed by atoms with Crippen LogP contribution in [0.2, 0.25) is 0 Å². The zero-order chi connectivity index (χ0) is 39.8. The summed E-state index contributed by atoms with van der Waals surface area (Å²) in [5.74, 6) is -2.32. The fraction of sp³-hybridized carbons (Fsp3) is 0.343. The Morgan fingerprint density at radius 2 is 1.25 bits per heavy atom. The normalized spacial score (nSPS) is 11.0. The summed E-state index contributed by atoms with van der Waals surface area (Å²) < 4.78 is 10.8. The van der Waals surface area contributed by atoms with Crippen molar-refractivity contribution in [3.63, 3.8) is 0 Å². The van der Waals surface area contributed by atoms with E-state index in [-0.39, 0.29) is 44.5 Å². The topological polar surface area (TPSA) is 309 Å². The highest BCUT2D eigenvalue weighted by molar-refractivity contribution is 6.01. The Labute approximate surface area is 307 Å². The van der Waals surface area contributed by atoms with Gasteiger partial charge in [0.25, 0.3) is 11.9 Å². The van der Waals surface area contributed by atoms with Crippen molar-refractivity contribution in [1.29, 1.82) is 0 Å². The van der Waals surface area contributed by atoms with Crippen molar-refractivity contribution in [3.05, 3.63) is 72.3 Å². The molecule has 0 heterocycles. The van der Waals surface area contributed by atoms with E-state index in [1.165, 1.54) is 0 Å². The number of aliphatic carboxylic acids is 2. The summed E-state index contributed by atoms with van der Waals surface area (Å²) in [6, 6.07) is 18.2. The fourth-order valence-corrected chi connectivity index (χ4v) is 4.47. The third-order valence-corrected chi connectivity index (χ3v) is 6.66. The molecule has 18 heteroatoms. The summed E-state index contributed by atoms with van der Waals surface area (Å²) in [6.07, 6.45) is 0.343. The largest absolute Gasteiger partial charge is 0.496 e. The number of alkyl carbamates (subject to hydrolysis) is 1. The van der Waals surface area contributed by atoms with Crippen molar-refractivity contribution in [2.45, 2.75) is 58.2 Å². The number of hydrogen-bond donors (Lipinski definition) is 9. The minimum absolute atomic E-state index is 0.0139. The molecule has 0 aliphatic carbocycles. The highest BCUT2D eigenvalue weighted by atomic mass is 16.5. The van der Waals surface area contributed by atoms with Gasteiger partial charge in [-0.15, -0.1) is 0 Å². The first-order valence-corrected chi connectivity index (χ1v) is 16.3. The standard InChI is InChI=1S/C31H41N9O5.2C2H4O2/c1-44-26-18-22(17-21-11-5-6-12-23(21)26)38-27(41)24(13-7-15-36-29(32)33)39-28(42)25(14-8-16-37-30(34)35)40-31(43)45-19-20-9-3-2-4-10-20;2*1-2(3)4/h2-6,9-12,17-18,24-25H,7-8,13-16,19H2,1H3,(H,38,41)(H,39,42)(H,40,43)(H4,32,33,36)(H4,34,35,37);2*1H3,(H,3,4)/t24?,25-;;/m1../s1. The first kappa shape index (κ1) is 44.4. The average molecular weight is 740 g/mol. The third-order valence-electron chi connectivity index (χ3n) is 6.66. The van der Waals surface area contributed by atoms with Crippen LogP contribution in [0.15, 0.2) is 76.7 Å². The van der Waals surface area contributed by atoms with Gasteiger partial charge in [0.1, 0.15) is 24.4 Å². The lowest BCUT2D eigenvalue weighted by Gasteiger charge is -2.23. The number of amides is 3. The molecular formula is C35H49N9O9. The summed E-state index contributed by atoms with van der Waals surface area (Å²) in [6.45, 7) is 2.66. The van der Waals surface area contributed by atoms with Gasteiger partial charge in [0.05, 0.1) is 7.11 Å². The summed E-state index contributed by atoms with van der Waals surface area (Å²) >= 11 is 0. The zero-order valence-corrected chi connectivity index (χ0v) is 29.9. The average Bonchev–Trinajstić information content (AvgIpc) is 3.09. The number of rotatable bonds is 16. The lowest BCUT2D eigenvalue weighted by Crippen LogP contribution is -2.52. The van der Waals surface area contributed by atoms with Gasteiger partial charge >= 0.3 is 6.09 Å². The van der Waals surface area contributed by atoms with E-state index in [0.717, 1.165) is 30.2 Å². The van der Waals surface area contributed by atoms with Crippen molar-refractivity contribution in [2.75, 3.05) is 25.5 Å². The quantitative estimate of drug-likeness (QED) is 0.0576. The molecule has 3 amide bonds. The molecule has 53 heavy (non-hydrogen) atoms. The number of carboxylic acid groups (broad SMARTS) is 2. The van der Waals surface area contributed by atoms with Crippen LogP contribution in [0.1, 0.15) is 45.1 Å². The van der Waals surface area contributed by atoms with Crippen LogP contribution in [-0.2, 0) is 30.5 Å². The molecule has 0 aliphatic rings. The van der Waals surface area contributed by atoms with Gasteiger partial charge in [0, 0.05) is 44.1 Å². The van der Waals surface area contributed by atoms with Crippen LogP contribution in [0.5, 0.6) is 5.75 Å². The van der Waals surface area contributed by atoms with Gasteiger partial charge in [0.15, 0.2) is 11.9 Å². The number of nitrogens with one attached hydrogen (secondary N) is 3. The predicted molar refractivity (Wildman–Crippen MR) is 201 cm³/mol. The Morgan fingerprint density at radius 3 is 1.77 bits per heavy atom. The van der Waals surface area contributed by atoms with Gasteiger partial charge in [-0.2, -0.15) is 0 Å². The van der Waals surface area contributed by atoms with Crippen LogP contribution >= 0.6 is 0 Å². The molecule has 0 saturated heterocycles. The van der Waals surface area contributed by atoms with Crippen molar-refractivity contribution in [2.24, 2.45) is 32.9 Å². The van der Waals surface area contributed by atoms with Crippen molar-refractivity contribution in [1.82, 2.24) is 10.6 Å². The van der Waals surface area contributed by atoms with Crippen molar-refractivity contribution >= 4 is 58.2 Å². The second-order valence-electron chi connectivity index (χ2n) is 11.1. The van der Waals surface area contributed by atoms with Crippen LogP contribution in [0, 0.1) is 0 Å². The number of methoxy groups -OCH3 is 1. The molecule has 3 rings (SSSR count). The number of aliphatic imine (C=N–C) groups is 2. The molecule has 0 aliphatic heterocycles. The van der Waals surface area contributed by atoms with E-state index in [1.807, 2.05) is 60.7 Å². The van der Waals surface area contributed by atoms with E-state index >= 15 is 0 Å². The number of nitrogens with zero attached hydrogens (tertiary/aromatic N) is 2. The Morgan fingerprint density at radius 1 is 0.736 bits per heavy atom. The minimum atomic E-state index is -1.05. The highest BCUT2D eigenvalue weighted by Crippen LogP contribution is 2.30. The maximum Gasteiger partial charge on any atom is 0.408 e. The van der Waals surface area contributed by atoms with Crippen LogP contribution in [0.4, 0.5) is 10.5 Å². The van der Waals surface area contributed by atoms with Crippen LogP contribution in [-0.4, -0.2) is 84.3 Å². The first-order chi connectivity index (χ1) is 25.1. The highest BCUT2D eigenvalue weighted by Gasteiger charge is 2.27. The van der Waals surface area contributed by atoms with Gasteiger partial charge in [-0.1, -0.05) is 54.6 Å². The Bertz CT molecular complexity index is 1670. The van der Waals surface area contributed by atoms with Crippen LogP contribution in [0.3, 0.4) is 0 Å². The Hall–Kier alpha value is -6.59. The molecule has 3 aromatic carbocycles. The summed E-state index contributed by atoms with van der Waals surface area (Å²) in [7, 11) is 1.55. The smallest absolute Gasteiger partial charge is 0.408 e. The lowest BCUT2D eigenvalue weighted by atomic mass is 10.1. The monoisotopic (exact) mass is 739 g/mol.